The maximum absolute atomic E-state index is 13.3. The van der Waals surface area contributed by atoms with Gasteiger partial charge in [-0.05, 0) is 33.4 Å². The van der Waals surface area contributed by atoms with Crippen LogP contribution in [0.15, 0.2) is 109 Å². The van der Waals surface area contributed by atoms with Crippen molar-refractivity contribution in [3.05, 3.63) is 131 Å². The summed E-state index contributed by atoms with van der Waals surface area (Å²) < 4.78 is 11.1. The lowest BCUT2D eigenvalue weighted by Gasteiger charge is -2.21. The van der Waals surface area contributed by atoms with Crippen molar-refractivity contribution in [3.8, 4) is 11.1 Å². The molecule has 1 aliphatic rings. The molecule has 1 unspecified atom stereocenters. The van der Waals surface area contributed by atoms with E-state index in [4.69, 9.17) is 9.47 Å². The fourth-order valence-electron chi connectivity index (χ4n) is 5.07. The molecule has 0 bridgehead atoms. The zero-order valence-electron chi connectivity index (χ0n) is 21.7. The number of carboxylic acid groups (broad SMARTS) is 1. The quantitative estimate of drug-likeness (QED) is 0.265. The van der Waals surface area contributed by atoms with Crippen LogP contribution in [0.5, 0.6) is 0 Å². The van der Waals surface area contributed by atoms with E-state index in [1.165, 1.54) is 0 Å². The summed E-state index contributed by atoms with van der Waals surface area (Å²) in [5.74, 6) is -2.05. The van der Waals surface area contributed by atoms with E-state index < -0.39 is 30.2 Å². The second-order valence-corrected chi connectivity index (χ2v) is 9.67. The summed E-state index contributed by atoms with van der Waals surface area (Å²) in [7, 11) is 0. The van der Waals surface area contributed by atoms with Crippen molar-refractivity contribution in [3.63, 3.8) is 0 Å². The molecule has 1 aliphatic carbocycles. The van der Waals surface area contributed by atoms with Crippen LogP contribution in [-0.4, -0.2) is 41.9 Å². The van der Waals surface area contributed by atoms with Crippen LogP contribution in [0.1, 0.15) is 28.2 Å². The molecule has 7 nitrogen and oxygen atoms in total. The molecule has 0 spiro atoms. The fourth-order valence-corrected chi connectivity index (χ4v) is 5.07. The van der Waals surface area contributed by atoms with Crippen molar-refractivity contribution < 1.29 is 29.0 Å². The summed E-state index contributed by atoms with van der Waals surface area (Å²) in [6.07, 6.45) is -2.12. The van der Waals surface area contributed by atoms with Gasteiger partial charge in [-0.2, -0.15) is 0 Å². The van der Waals surface area contributed by atoms with Crippen molar-refractivity contribution in [2.45, 2.75) is 30.9 Å². The van der Waals surface area contributed by atoms with Crippen LogP contribution in [-0.2, 0) is 31.9 Å². The van der Waals surface area contributed by atoms with Gasteiger partial charge in [0, 0.05) is 18.8 Å². The van der Waals surface area contributed by atoms with Gasteiger partial charge in [0.1, 0.15) is 12.6 Å². The van der Waals surface area contributed by atoms with Gasteiger partial charge >= 0.3 is 12.1 Å². The summed E-state index contributed by atoms with van der Waals surface area (Å²) in [6, 6.07) is 32.8. The number of nitrogens with one attached hydrogen (secondary N) is 1. The zero-order valence-corrected chi connectivity index (χ0v) is 21.7. The van der Waals surface area contributed by atoms with Crippen molar-refractivity contribution in [2.24, 2.45) is 0 Å². The standard InChI is InChI=1S/C33H29NO6/c35-31(34-29(32(36)37)19-22-11-3-1-4-12-22)30(20-23-13-5-2-6-14-23)40-33(38)39-21-28-26-17-9-7-15-24(26)25-16-8-10-18-27(25)28/h1-18,28-30H,19-21H2,(H,34,35)(H,36,37)/t29?,30-/m0/s1. The van der Waals surface area contributed by atoms with Crippen molar-refractivity contribution >= 4 is 18.0 Å². The molecule has 0 fully saturated rings. The summed E-state index contributed by atoms with van der Waals surface area (Å²) in [4.78, 5) is 38.1. The number of fused-ring (bicyclic) bond motifs is 3. The lowest BCUT2D eigenvalue weighted by Crippen LogP contribution is -2.48. The molecular weight excluding hydrogens is 506 g/mol. The minimum Gasteiger partial charge on any atom is -0.480 e. The van der Waals surface area contributed by atoms with Gasteiger partial charge in [-0.25, -0.2) is 9.59 Å². The van der Waals surface area contributed by atoms with E-state index >= 15 is 0 Å². The van der Waals surface area contributed by atoms with Crippen LogP contribution >= 0.6 is 0 Å². The number of hydrogen-bond acceptors (Lipinski definition) is 5. The minimum absolute atomic E-state index is 0.0400. The highest BCUT2D eigenvalue weighted by Crippen LogP contribution is 2.44. The molecule has 0 radical (unpaired) electrons. The van der Waals surface area contributed by atoms with Crippen molar-refractivity contribution in [1.82, 2.24) is 5.32 Å². The Morgan fingerprint density at radius 1 is 0.700 bits per heavy atom. The molecule has 4 aromatic rings. The maximum atomic E-state index is 13.3. The Morgan fingerprint density at radius 2 is 1.20 bits per heavy atom. The Hall–Kier alpha value is -4.91. The average Bonchev–Trinajstić information content (AvgIpc) is 3.30. The molecule has 0 saturated carbocycles. The number of hydrogen-bond donors (Lipinski definition) is 2. The molecule has 4 aromatic carbocycles. The van der Waals surface area contributed by atoms with E-state index in [0.717, 1.165) is 33.4 Å². The van der Waals surface area contributed by atoms with Gasteiger partial charge in [-0.1, -0.05) is 109 Å². The number of aliphatic carboxylic acids is 1. The number of carboxylic acids is 1. The molecule has 0 heterocycles. The molecule has 7 heteroatoms. The van der Waals surface area contributed by atoms with Crippen LogP contribution in [0.4, 0.5) is 4.79 Å². The highest BCUT2D eigenvalue weighted by atomic mass is 16.7. The molecule has 0 aromatic heterocycles. The molecule has 0 saturated heterocycles. The van der Waals surface area contributed by atoms with Gasteiger partial charge in [0.05, 0.1) is 0 Å². The summed E-state index contributed by atoms with van der Waals surface area (Å²) >= 11 is 0. The normalized spacial score (nSPS) is 13.4. The van der Waals surface area contributed by atoms with Crippen LogP contribution in [0.3, 0.4) is 0 Å². The highest BCUT2D eigenvalue weighted by Gasteiger charge is 2.32. The van der Waals surface area contributed by atoms with Gasteiger partial charge in [-0.15, -0.1) is 0 Å². The topological polar surface area (TPSA) is 102 Å². The number of amides is 1. The summed E-state index contributed by atoms with van der Waals surface area (Å²) in [6.45, 7) is 0.0400. The first kappa shape index (κ1) is 26.7. The number of carbonyl (C=O) groups is 3. The van der Waals surface area contributed by atoms with Crippen LogP contribution in [0.2, 0.25) is 0 Å². The molecule has 2 atom stereocenters. The van der Waals surface area contributed by atoms with E-state index in [0.29, 0.717) is 0 Å². The number of benzene rings is 4. The SMILES string of the molecule is O=C(OCC1c2ccccc2-c2ccccc21)O[C@@H](Cc1ccccc1)C(=O)NC(Cc1ccccc1)C(=O)O. The molecular formula is C33H29NO6. The first-order valence-corrected chi connectivity index (χ1v) is 13.1. The molecule has 0 aliphatic heterocycles. The average molecular weight is 536 g/mol. The predicted octanol–water partition coefficient (Wildman–Crippen LogP) is 5.38. The number of carbonyl (C=O) groups excluding carboxylic acids is 2. The Kier molecular flexibility index (Phi) is 8.21. The Labute approximate surface area is 232 Å². The fraction of sp³-hybridized carbons (Fsp3) is 0.182. The molecule has 1 amide bonds. The third kappa shape index (κ3) is 6.21. The lowest BCUT2D eigenvalue weighted by molar-refractivity contribution is -0.143. The monoisotopic (exact) mass is 535 g/mol. The zero-order chi connectivity index (χ0) is 27.9. The number of ether oxygens (including phenoxy) is 2. The van der Waals surface area contributed by atoms with Gasteiger partial charge in [0.25, 0.3) is 5.91 Å². The van der Waals surface area contributed by atoms with Crippen LogP contribution in [0, 0.1) is 0 Å². The Balaban J connectivity index is 1.28. The second-order valence-electron chi connectivity index (χ2n) is 9.67. The third-order valence-electron chi connectivity index (χ3n) is 7.02. The first-order chi connectivity index (χ1) is 19.5. The minimum atomic E-state index is -1.28. The highest BCUT2D eigenvalue weighted by molar-refractivity contribution is 5.88. The lowest BCUT2D eigenvalue weighted by atomic mass is 9.98. The van der Waals surface area contributed by atoms with E-state index in [1.54, 1.807) is 36.4 Å². The molecule has 5 rings (SSSR count). The Morgan fingerprint density at radius 3 is 1.75 bits per heavy atom. The van der Waals surface area contributed by atoms with Gasteiger partial charge in [0.2, 0.25) is 0 Å². The van der Waals surface area contributed by atoms with Crippen LogP contribution in [0.25, 0.3) is 11.1 Å². The van der Waals surface area contributed by atoms with Crippen molar-refractivity contribution in [1.29, 1.82) is 0 Å². The second kappa shape index (κ2) is 12.3. The van der Waals surface area contributed by atoms with E-state index in [1.807, 2.05) is 72.8 Å². The number of rotatable bonds is 10. The molecule has 40 heavy (non-hydrogen) atoms. The third-order valence-corrected chi connectivity index (χ3v) is 7.02. The molecule has 202 valence electrons. The predicted molar refractivity (Wildman–Crippen MR) is 150 cm³/mol. The maximum Gasteiger partial charge on any atom is 0.509 e. The first-order valence-electron chi connectivity index (χ1n) is 13.1. The van der Waals surface area contributed by atoms with Gasteiger partial charge < -0.3 is 19.9 Å². The largest absolute Gasteiger partial charge is 0.509 e. The van der Waals surface area contributed by atoms with Crippen molar-refractivity contribution in [2.75, 3.05) is 6.61 Å². The van der Waals surface area contributed by atoms with Gasteiger partial charge in [0.15, 0.2) is 6.10 Å². The van der Waals surface area contributed by atoms with Crippen LogP contribution < -0.4 is 5.32 Å². The van der Waals surface area contributed by atoms with Gasteiger partial charge in [-0.3, -0.25) is 4.79 Å². The summed E-state index contributed by atoms with van der Waals surface area (Å²) in [5, 5.41) is 12.3. The van der Waals surface area contributed by atoms with E-state index in [2.05, 4.69) is 5.32 Å². The van der Waals surface area contributed by atoms with E-state index in [9.17, 15) is 19.5 Å². The smallest absolute Gasteiger partial charge is 0.480 e. The summed E-state index contributed by atoms with van der Waals surface area (Å²) in [5.41, 5.74) is 5.82. The van der Waals surface area contributed by atoms with E-state index in [-0.39, 0.29) is 25.4 Å². The Bertz CT molecular complexity index is 1440. The molecule has 2 N–H and O–H groups in total.